The normalized spacial score (nSPS) is 28.9. The minimum Gasteiger partial charge on any atom is -0.366 e. The first-order chi connectivity index (χ1) is 18.8. The number of rotatable bonds is 8. The molecule has 9 heteroatoms. The third-order valence-electron chi connectivity index (χ3n) is 9.38. The van der Waals surface area contributed by atoms with Crippen LogP contribution in [0.3, 0.4) is 0 Å². The van der Waals surface area contributed by atoms with Gasteiger partial charge in [-0.05, 0) is 94.2 Å². The summed E-state index contributed by atoms with van der Waals surface area (Å²) in [4.78, 5) is 34.8. The summed E-state index contributed by atoms with van der Waals surface area (Å²) >= 11 is 0. The summed E-state index contributed by atoms with van der Waals surface area (Å²) in [7, 11) is 0. The van der Waals surface area contributed by atoms with Crippen LogP contribution >= 0.6 is 0 Å². The number of carbonyl (C=O) groups excluding carboxylic acids is 1. The molecule has 4 bridgehead atoms. The molecule has 3 aromatic rings. The maximum Gasteiger partial charge on any atom is 0.267 e. The molecule has 8 rings (SSSR count). The molecule has 2 atom stereocenters. The fourth-order valence-electron chi connectivity index (χ4n) is 7.65. The quantitative estimate of drug-likeness (QED) is 0.348. The summed E-state index contributed by atoms with van der Waals surface area (Å²) in [5, 5.41) is 13.6. The van der Waals surface area contributed by atoms with Gasteiger partial charge in [0.05, 0.1) is 12.0 Å². The van der Waals surface area contributed by atoms with E-state index in [1.807, 2.05) is 44.3 Å². The molecule has 9 nitrogen and oxygen atoms in total. The summed E-state index contributed by atoms with van der Waals surface area (Å²) in [6.07, 6.45) is 9.61. The Labute approximate surface area is 228 Å². The van der Waals surface area contributed by atoms with Gasteiger partial charge in [-0.15, -0.1) is 0 Å². The van der Waals surface area contributed by atoms with Gasteiger partial charge in [0.2, 0.25) is 11.9 Å². The Hall–Kier alpha value is -3.62. The lowest BCUT2D eigenvalue weighted by Gasteiger charge is -2.59. The number of nitrogens with zero attached hydrogens (tertiary/aromatic N) is 3. The zero-order valence-electron chi connectivity index (χ0n) is 22.7. The van der Waals surface area contributed by atoms with Crippen LogP contribution in [0.5, 0.6) is 0 Å². The van der Waals surface area contributed by atoms with E-state index in [0.29, 0.717) is 48.2 Å². The van der Waals surface area contributed by atoms with Crippen LogP contribution < -0.4 is 21.5 Å². The fourth-order valence-corrected chi connectivity index (χ4v) is 7.65. The van der Waals surface area contributed by atoms with Crippen LogP contribution in [0.1, 0.15) is 61.8 Å². The average molecular weight is 528 g/mol. The van der Waals surface area contributed by atoms with Crippen LogP contribution in [0.25, 0.3) is 0 Å². The first kappa shape index (κ1) is 24.4. The second-order valence-electron chi connectivity index (χ2n) is 12.6. The van der Waals surface area contributed by atoms with Gasteiger partial charge in [-0.3, -0.25) is 14.7 Å². The zero-order chi connectivity index (χ0) is 26.7. The fraction of sp³-hybridized carbons (Fsp3) is 0.533. The van der Waals surface area contributed by atoms with Crippen molar-refractivity contribution < 1.29 is 4.79 Å². The van der Waals surface area contributed by atoms with Crippen molar-refractivity contribution in [3.05, 3.63) is 63.7 Å². The first-order valence-electron chi connectivity index (χ1n) is 14.4. The largest absolute Gasteiger partial charge is 0.366 e. The molecule has 0 spiro atoms. The Bertz CT molecular complexity index is 1460. The molecule has 2 aromatic heterocycles. The van der Waals surface area contributed by atoms with Crippen molar-refractivity contribution in [1.82, 2.24) is 25.1 Å². The van der Waals surface area contributed by atoms with Crippen LogP contribution in [0.2, 0.25) is 0 Å². The monoisotopic (exact) mass is 527 g/mol. The van der Waals surface area contributed by atoms with E-state index in [0.717, 1.165) is 60.4 Å². The Kier molecular flexibility index (Phi) is 5.79. The van der Waals surface area contributed by atoms with Gasteiger partial charge in [-0.1, -0.05) is 12.1 Å². The highest BCUT2D eigenvalue weighted by molar-refractivity contribution is 5.84. The van der Waals surface area contributed by atoms with Gasteiger partial charge in [0, 0.05) is 41.3 Å². The van der Waals surface area contributed by atoms with Crippen molar-refractivity contribution in [2.24, 2.45) is 23.2 Å². The average Bonchev–Trinajstić information content (AvgIpc) is 3.65. The molecule has 4 N–H and O–H groups in total. The number of benzene rings is 1. The van der Waals surface area contributed by atoms with Gasteiger partial charge in [-0.2, -0.15) is 4.98 Å². The molecular weight excluding hydrogens is 490 g/mol. The molecule has 5 saturated carbocycles. The molecule has 204 valence electrons. The molecule has 1 aromatic carbocycles. The number of anilines is 3. The smallest absolute Gasteiger partial charge is 0.267 e. The highest BCUT2D eigenvalue weighted by Gasteiger charge is 2.58. The maximum absolute atomic E-state index is 13.2. The van der Waals surface area contributed by atoms with Crippen molar-refractivity contribution in [2.45, 2.75) is 77.4 Å². The standard InChI is InChI=1S/C30H37N7O2/c1-17-15-31-29(33-24-5-3-4-19(11-24)16-37-25(38)8-18(2)36-37)35-27(17)34-26-21-9-20-10-22(26)14-30(12-20,13-21)28(39)32-23-6-7-23/h3-5,8,11,15,20-23,26,36H,6-7,9-10,12-14,16H2,1-2H3,(H,32,39)(H2,31,33,34,35). The lowest BCUT2D eigenvalue weighted by Crippen LogP contribution is -2.60. The number of aromatic amines is 1. The number of H-pyrrole nitrogens is 1. The van der Waals surface area contributed by atoms with E-state index in [1.54, 1.807) is 10.7 Å². The van der Waals surface area contributed by atoms with Crippen molar-refractivity contribution in [2.75, 3.05) is 10.6 Å². The van der Waals surface area contributed by atoms with Gasteiger partial charge >= 0.3 is 0 Å². The highest BCUT2D eigenvalue weighted by atomic mass is 16.2. The van der Waals surface area contributed by atoms with Crippen molar-refractivity contribution in [3.8, 4) is 0 Å². The molecule has 1 amide bonds. The van der Waals surface area contributed by atoms with Crippen molar-refractivity contribution in [1.29, 1.82) is 0 Å². The molecule has 2 unspecified atom stereocenters. The predicted octanol–water partition coefficient (Wildman–Crippen LogP) is 4.26. The highest BCUT2D eigenvalue weighted by Crippen LogP contribution is 2.60. The Morgan fingerprint density at radius 2 is 1.92 bits per heavy atom. The van der Waals surface area contributed by atoms with Gasteiger partial charge in [0.25, 0.3) is 5.56 Å². The first-order valence-corrected chi connectivity index (χ1v) is 14.4. The molecule has 0 aliphatic heterocycles. The van der Waals surface area contributed by atoms with E-state index >= 15 is 0 Å². The van der Waals surface area contributed by atoms with Gasteiger partial charge in [0.15, 0.2) is 0 Å². The van der Waals surface area contributed by atoms with E-state index in [1.165, 1.54) is 12.8 Å². The number of nitrogens with one attached hydrogen (secondary N) is 4. The molecule has 5 fully saturated rings. The van der Waals surface area contributed by atoms with E-state index < -0.39 is 0 Å². The molecule has 0 radical (unpaired) electrons. The minimum atomic E-state index is -0.153. The van der Waals surface area contributed by atoms with Gasteiger partial charge in [-0.25, -0.2) is 9.67 Å². The second-order valence-corrected chi connectivity index (χ2v) is 12.6. The number of amides is 1. The molecule has 2 heterocycles. The number of hydrogen-bond acceptors (Lipinski definition) is 6. The molecular formula is C30H37N7O2. The topological polar surface area (TPSA) is 117 Å². The van der Waals surface area contributed by atoms with Crippen LogP contribution in [0.4, 0.5) is 17.5 Å². The number of aromatic nitrogens is 4. The Balaban J connectivity index is 1.06. The summed E-state index contributed by atoms with van der Waals surface area (Å²) in [5.74, 6) is 3.41. The SMILES string of the molecule is Cc1cc(=O)n(Cc2cccc(Nc3ncc(C)c(NC4C5CC6CC4CC(C(=O)NC4CC4)(C6)C5)n3)c2)[nH]1. The molecule has 0 saturated heterocycles. The summed E-state index contributed by atoms with van der Waals surface area (Å²) in [6, 6.07) is 10.3. The predicted molar refractivity (Wildman–Crippen MR) is 150 cm³/mol. The van der Waals surface area contributed by atoms with Crippen LogP contribution in [-0.2, 0) is 11.3 Å². The number of carbonyl (C=O) groups is 1. The molecule has 5 aliphatic rings. The van der Waals surface area contributed by atoms with Crippen LogP contribution in [-0.4, -0.2) is 37.7 Å². The Morgan fingerprint density at radius 1 is 1.13 bits per heavy atom. The maximum atomic E-state index is 13.2. The second kappa shape index (κ2) is 9.24. The number of hydrogen-bond donors (Lipinski definition) is 4. The zero-order valence-corrected chi connectivity index (χ0v) is 22.7. The summed E-state index contributed by atoms with van der Waals surface area (Å²) in [6.45, 7) is 4.39. The summed E-state index contributed by atoms with van der Waals surface area (Å²) < 4.78 is 1.60. The Morgan fingerprint density at radius 3 is 2.64 bits per heavy atom. The van der Waals surface area contributed by atoms with Crippen molar-refractivity contribution >= 4 is 23.4 Å². The van der Waals surface area contributed by atoms with Gasteiger partial charge in [0.1, 0.15) is 5.82 Å². The van der Waals surface area contributed by atoms with E-state index in [2.05, 4.69) is 26.0 Å². The third kappa shape index (κ3) is 4.72. The lowest BCUT2D eigenvalue weighted by atomic mass is 9.47. The number of aryl methyl sites for hydroxylation is 2. The van der Waals surface area contributed by atoms with E-state index in [9.17, 15) is 9.59 Å². The molecule has 39 heavy (non-hydrogen) atoms. The van der Waals surface area contributed by atoms with Crippen LogP contribution in [0, 0.1) is 37.0 Å². The van der Waals surface area contributed by atoms with Crippen molar-refractivity contribution in [3.63, 3.8) is 0 Å². The lowest BCUT2D eigenvalue weighted by molar-refractivity contribution is -0.147. The minimum absolute atomic E-state index is 0.0392. The van der Waals surface area contributed by atoms with E-state index in [-0.39, 0.29) is 11.0 Å². The van der Waals surface area contributed by atoms with Crippen LogP contribution in [0.15, 0.2) is 41.3 Å². The van der Waals surface area contributed by atoms with Gasteiger partial charge < -0.3 is 16.0 Å². The third-order valence-corrected chi connectivity index (χ3v) is 9.38. The molecule has 5 aliphatic carbocycles. The summed E-state index contributed by atoms with van der Waals surface area (Å²) in [5.41, 5.74) is 3.55. The van der Waals surface area contributed by atoms with E-state index in [4.69, 9.17) is 4.98 Å².